The standard InChI is InChI=1S/C19H27N7O2/c1-13(2)22-19(28)23-15-5-3-14(4-6-15)11-21-18(27)17-12-26(25-24-17)16-7-9-20-10-8-16/h3-6,12-13,16,20H,7-11H2,1-2H3,(H,21,27)(H2,22,23,28). The summed E-state index contributed by atoms with van der Waals surface area (Å²) in [7, 11) is 0. The summed E-state index contributed by atoms with van der Waals surface area (Å²) in [6.45, 7) is 6.08. The molecule has 0 unspecified atom stereocenters. The summed E-state index contributed by atoms with van der Waals surface area (Å²) in [5, 5.41) is 19.8. The third-order valence-corrected chi connectivity index (χ3v) is 4.51. The van der Waals surface area contributed by atoms with Gasteiger partial charge in [0.2, 0.25) is 0 Å². The first-order valence-electron chi connectivity index (χ1n) is 9.58. The van der Waals surface area contributed by atoms with E-state index in [9.17, 15) is 9.59 Å². The number of hydrogen-bond donors (Lipinski definition) is 4. The van der Waals surface area contributed by atoms with Crippen molar-refractivity contribution in [2.24, 2.45) is 0 Å². The summed E-state index contributed by atoms with van der Waals surface area (Å²) in [6.07, 6.45) is 3.69. The highest BCUT2D eigenvalue weighted by Crippen LogP contribution is 2.17. The highest BCUT2D eigenvalue weighted by molar-refractivity contribution is 5.92. The van der Waals surface area contributed by atoms with Crippen LogP contribution in [-0.4, -0.2) is 46.1 Å². The van der Waals surface area contributed by atoms with Gasteiger partial charge >= 0.3 is 6.03 Å². The first-order valence-corrected chi connectivity index (χ1v) is 9.58. The van der Waals surface area contributed by atoms with Crippen molar-refractivity contribution in [3.63, 3.8) is 0 Å². The van der Waals surface area contributed by atoms with E-state index in [-0.39, 0.29) is 18.0 Å². The molecule has 3 rings (SSSR count). The molecule has 2 heterocycles. The molecule has 28 heavy (non-hydrogen) atoms. The fourth-order valence-electron chi connectivity index (χ4n) is 3.04. The van der Waals surface area contributed by atoms with E-state index in [0.717, 1.165) is 31.5 Å². The number of rotatable bonds is 6. The van der Waals surface area contributed by atoms with Crippen molar-refractivity contribution in [1.82, 2.24) is 30.9 Å². The van der Waals surface area contributed by atoms with Crippen molar-refractivity contribution in [3.05, 3.63) is 41.7 Å². The van der Waals surface area contributed by atoms with Crippen LogP contribution in [-0.2, 0) is 6.54 Å². The van der Waals surface area contributed by atoms with Crippen molar-refractivity contribution in [3.8, 4) is 0 Å². The molecular weight excluding hydrogens is 358 g/mol. The SMILES string of the molecule is CC(C)NC(=O)Nc1ccc(CNC(=O)c2cn(C3CCNCC3)nn2)cc1. The van der Waals surface area contributed by atoms with Gasteiger partial charge in [-0.05, 0) is 57.5 Å². The lowest BCUT2D eigenvalue weighted by Crippen LogP contribution is -2.34. The number of piperidine rings is 1. The van der Waals surface area contributed by atoms with Gasteiger partial charge in [-0.1, -0.05) is 17.3 Å². The number of amides is 3. The maximum atomic E-state index is 12.3. The van der Waals surface area contributed by atoms with Crippen LogP contribution in [0.15, 0.2) is 30.5 Å². The number of nitrogens with zero attached hydrogens (tertiary/aromatic N) is 3. The van der Waals surface area contributed by atoms with Crippen LogP contribution in [0.5, 0.6) is 0 Å². The largest absolute Gasteiger partial charge is 0.347 e. The molecule has 0 bridgehead atoms. The van der Waals surface area contributed by atoms with E-state index in [1.54, 1.807) is 23.0 Å². The zero-order valence-corrected chi connectivity index (χ0v) is 16.2. The van der Waals surface area contributed by atoms with E-state index in [0.29, 0.717) is 24.0 Å². The molecular formula is C19H27N7O2. The second kappa shape index (κ2) is 9.32. The Balaban J connectivity index is 1.49. The summed E-state index contributed by atoms with van der Waals surface area (Å²) in [4.78, 5) is 24.0. The van der Waals surface area contributed by atoms with Gasteiger partial charge in [0.25, 0.3) is 5.91 Å². The maximum Gasteiger partial charge on any atom is 0.319 e. The molecule has 0 aliphatic carbocycles. The normalized spacial score (nSPS) is 14.7. The number of anilines is 1. The topological polar surface area (TPSA) is 113 Å². The number of hydrogen-bond acceptors (Lipinski definition) is 5. The van der Waals surface area contributed by atoms with Crippen molar-refractivity contribution >= 4 is 17.6 Å². The molecule has 9 heteroatoms. The molecule has 1 aromatic heterocycles. The Morgan fingerprint density at radius 2 is 1.93 bits per heavy atom. The number of benzene rings is 1. The smallest absolute Gasteiger partial charge is 0.319 e. The summed E-state index contributed by atoms with van der Waals surface area (Å²) in [6, 6.07) is 7.44. The lowest BCUT2D eigenvalue weighted by Gasteiger charge is -2.22. The second-order valence-electron chi connectivity index (χ2n) is 7.20. The van der Waals surface area contributed by atoms with E-state index < -0.39 is 0 Å². The maximum absolute atomic E-state index is 12.3. The molecule has 1 saturated heterocycles. The van der Waals surface area contributed by atoms with Gasteiger partial charge in [0.15, 0.2) is 5.69 Å². The van der Waals surface area contributed by atoms with Crippen LogP contribution in [0.3, 0.4) is 0 Å². The Morgan fingerprint density at radius 3 is 2.61 bits per heavy atom. The quantitative estimate of drug-likeness (QED) is 0.604. The molecule has 0 spiro atoms. The molecule has 3 amide bonds. The van der Waals surface area contributed by atoms with Gasteiger partial charge in [-0.3, -0.25) is 4.79 Å². The second-order valence-corrected chi connectivity index (χ2v) is 7.20. The van der Waals surface area contributed by atoms with E-state index in [2.05, 4.69) is 31.6 Å². The van der Waals surface area contributed by atoms with Crippen molar-refractivity contribution in [2.45, 2.75) is 45.3 Å². The summed E-state index contributed by atoms with van der Waals surface area (Å²) in [5.41, 5.74) is 1.94. The minimum Gasteiger partial charge on any atom is -0.347 e. The van der Waals surface area contributed by atoms with E-state index in [1.165, 1.54) is 0 Å². The number of urea groups is 1. The van der Waals surface area contributed by atoms with Crippen LogP contribution in [0.25, 0.3) is 0 Å². The van der Waals surface area contributed by atoms with Gasteiger partial charge in [0, 0.05) is 18.3 Å². The zero-order valence-electron chi connectivity index (χ0n) is 16.2. The minimum atomic E-state index is -0.251. The van der Waals surface area contributed by atoms with Crippen molar-refractivity contribution < 1.29 is 9.59 Å². The van der Waals surface area contributed by atoms with Crippen LogP contribution < -0.4 is 21.3 Å². The first kappa shape index (κ1) is 19.8. The molecule has 150 valence electrons. The van der Waals surface area contributed by atoms with Crippen LogP contribution in [0, 0.1) is 0 Å². The van der Waals surface area contributed by atoms with E-state index in [1.807, 2.05) is 26.0 Å². The molecule has 0 radical (unpaired) electrons. The Hall–Kier alpha value is -2.94. The molecule has 9 nitrogen and oxygen atoms in total. The predicted octanol–water partition coefficient (Wildman–Crippen LogP) is 1.66. The highest BCUT2D eigenvalue weighted by atomic mass is 16.2. The van der Waals surface area contributed by atoms with E-state index >= 15 is 0 Å². The fraction of sp³-hybridized carbons (Fsp3) is 0.474. The lowest BCUT2D eigenvalue weighted by atomic mass is 10.1. The van der Waals surface area contributed by atoms with E-state index in [4.69, 9.17) is 0 Å². The van der Waals surface area contributed by atoms with Gasteiger partial charge in [-0.15, -0.1) is 5.10 Å². The Kier molecular flexibility index (Phi) is 6.59. The van der Waals surface area contributed by atoms with Crippen molar-refractivity contribution in [1.29, 1.82) is 0 Å². The van der Waals surface area contributed by atoms with Gasteiger partial charge < -0.3 is 21.3 Å². The summed E-state index contributed by atoms with van der Waals surface area (Å²) < 4.78 is 1.79. The molecule has 0 saturated carbocycles. The molecule has 1 fully saturated rings. The average Bonchev–Trinajstić information content (AvgIpc) is 3.17. The third kappa shape index (κ3) is 5.53. The predicted molar refractivity (Wildman–Crippen MR) is 106 cm³/mol. The fourth-order valence-corrected chi connectivity index (χ4v) is 3.04. The summed E-state index contributed by atoms with van der Waals surface area (Å²) in [5.74, 6) is -0.251. The zero-order chi connectivity index (χ0) is 19.9. The molecule has 4 N–H and O–H groups in total. The lowest BCUT2D eigenvalue weighted by molar-refractivity contribution is 0.0945. The number of aromatic nitrogens is 3. The Bertz CT molecular complexity index is 795. The number of carbonyl (C=O) groups is 2. The summed E-state index contributed by atoms with van der Waals surface area (Å²) >= 11 is 0. The Labute approximate surface area is 164 Å². The van der Waals surface area contributed by atoms with Crippen LogP contribution >= 0.6 is 0 Å². The average molecular weight is 385 g/mol. The molecule has 2 aromatic rings. The van der Waals surface area contributed by atoms with Crippen LogP contribution in [0.1, 0.15) is 48.8 Å². The van der Waals surface area contributed by atoms with Gasteiger partial charge in [0.05, 0.1) is 12.2 Å². The van der Waals surface area contributed by atoms with Crippen molar-refractivity contribution in [2.75, 3.05) is 18.4 Å². The minimum absolute atomic E-state index is 0.0715. The number of nitrogens with one attached hydrogen (secondary N) is 4. The number of carbonyl (C=O) groups excluding carboxylic acids is 2. The van der Waals surface area contributed by atoms with Gasteiger partial charge in [0.1, 0.15) is 0 Å². The third-order valence-electron chi connectivity index (χ3n) is 4.51. The van der Waals surface area contributed by atoms with Crippen LogP contribution in [0.4, 0.5) is 10.5 Å². The molecule has 1 aromatic carbocycles. The van der Waals surface area contributed by atoms with Gasteiger partial charge in [-0.25, -0.2) is 9.48 Å². The molecule has 1 aliphatic rings. The van der Waals surface area contributed by atoms with Gasteiger partial charge in [-0.2, -0.15) is 0 Å². The monoisotopic (exact) mass is 385 g/mol. The molecule has 1 aliphatic heterocycles. The first-order chi connectivity index (χ1) is 13.5. The molecule has 0 atom stereocenters. The Morgan fingerprint density at radius 1 is 1.21 bits per heavy atom. The highest BCUT2D eigenvalue weighted by Gasteiger charge is 2.18. The van der Waals surface area contributed by atoms with Crippen LogP contribution in [0.2, 0.25) is 0 Å².